The predicted molar refractivity (Wildman–Crippen MR) is 134 cm³/mol. The van der Waals surface area contributed by atoms with Crippen LogP contribution >= 0.6 is 0 Å². The highest BCUT2D eigenvalue weighted by Crippen LogP contribution is 2.15. The van der Waals surface area contributed by atoms with Crippen molar-refractivity contribution >= 4 is 23.7 Å². The van der Waals surface area contributed by atoms with Gasteiger partial charge in [0.2, 0.25) is 5.95 Å². The number of carbonyl (C=O) groups excluding carboxylic acids is 3. The quantitative estimate of drug-likeness (QED) is 0.219. The molecular formula is C25H29N7O5. The van der Waals surface area contributed by atoms with Gasteiger partial charge in [-0.1, -0.05) is 12.1 Å². The zero-order valence-corrected chi connectivity index (χ0v) is 20.8. The van der Waals surface area contributed by atoms with E-state index in [4.69, 9.17) is 4.74 Å². The Bertz CT molecular complexity index is 1230. The number of phenols is 1. The summed E-state index contributed by atoms with van der Waals surface area (Å²) in [6.45, 7) is 3.72. The van der Waals surface area contributed by atoms with Crippen LogP contribution in [0.15, 0.2) is 42.9 Å². The molecule has 1 unspecified atom stereocenters. The molecule has 0 saturated heterocycles. The molecule has 2 amide bonds. The van der Waals surface area contributed by atoms with E-state index in [0.717, 1.165) is 18.4 Å². The summed E-state index contributed by atoms with van der Waals surface area (Å²) >= 11 is 0. The van der Waals surface area contributed by atoms with Gasteiger partial charge in [0.15, 0.2) is 0 Å². The fourth-order valence-electron chi connectivity index (χ4n) is 3.60. The minimum Gasteiger partial charge on any atom is -0.508 e. The molecule has 0 spiro atoms. The Kier molecular flexibility index (Phi) is 9.41. The number of ether oxygens (including phenoxy) is 1. The molecule has 12 heteroatoms. The molecule has 0 fully saturated rings. The number of methoxy groups -OCH3 is 1. The average Bonchev–Trinajstić information content (AvgIpc) is 2.88. The van der Waals surface area contributed by atoms with E-state index in [-0.39, 0.29) is 23.6 Å². The summed E-state index contributed by atoms with van der Waals surface area (Å²) in [7, 11) is 1.19. The summed E-state index contributed by atoms with van der Waals surface area (Å²) in [4.78, 5) is 54.0. The van der Waals surface area contributed by atoms with Crippen LogP contribution in [0.1, 0.15) is 44.2 Å². The Morgan fingerprint density at radius 3 is 2.49 bits per heavy atom. The lowest BCUT2D eigenvalue weighted by Gasteiger charge is -2.18. The van der Waals surface area contributed by atoms with Gasteiger partial charge in [0.25, 0.3) is 11.8 Å². The number of hydrogen-bond donors (Lipinski definition) is 4. The maximum Gasteiger partial charge on any atom is 0.330 e. The van der Waals surface area contributed by atoms with Gasteiger partial charge in [-0.05, 0) is 44.4 Å². The lowest BCUT2D eigenvalue weighted by molar-refractivity contribution is -0.142. The first-order chi connectivity index (χ1) is 17.8. The third-order valence-electron chi connectivity index (χ3n) is 5.39. The van der Waals surface area contributed by atoms with Crippen molar-refractivity contribution in [3.05, 3.63) is 71.1 Å². The van der Waals surface area contributed by atoms with E-state index in [1.165, 1.54) is 25.7 Å². The largest absolute Gasteiger partial charge is 0.508 e. The fourth-order valence-corrected chi connectivity index (χ4v) is 3.60. The predicted octanol–water partition coefficient (Wildman–Crippen LogP) is 1.34. The Balaban J connectivity index is 1.60. The van der Waals surface area contributed by atoms with E-state index < -0.39 is 23.8 Å². The SMILES string of the molecule is COC(=O)C(CNC(=O)c1cnccn1)NC(=O)c1c(C)nc(NCCCc2cccc(O)c2)nc1C. The van der Waals surface area contributed by atoms with E-state index in [9.17, 15) is 19.5 Å². The number of aryl methyl sites for hydroxylation is 3. The lowest BCUT2D eigenvalue weighted by atomic mass is 10.1. The van der Waals surface area contributed by atoms with E-state index in [1.807, 2.05) is 6.07 Å². The number of benzene rings is 1. The third kappa shape index (κ3) is 7.69. The van der Waals surface area contributed by atoms with Gasteiger partial charge in [-0.3, -0.25) is 14.6 Å². The summed E-state index contributed by atoms with van der Waals surface area (Å²) in [5, 5.41) is 17.8. The monoisotopic (exact) mass is 507 g/mol. The summed E-state index contributed by atoms with van der Waals surface area (Å²) in [5.41, 5.74) is 2.16. The Labute approximate surface area is 213 Å². The van der Waals surface area contributed by atoms with Crippen molar-refractivity contribution < 1.29 is 24.2 Å². The van der Waals surface area contributed by atoms with Gasteiger partial charge in [0.05, 0.1) is 30.3 Å². The number of aromatic nitrogens is 4. The molecular weight excluding hydrogens is 478 g/mol. The van der Waals surface area contributed by atoms with Gasteiger partial charge in [-0.15, -0.1) is 0 Å². The molecule has 37 heavy (non-hydrogen) atoms. The van der Waals surface area contributed by atoms with Crippen molar-refractivity contribution in [1.29, 1.82) is 0 Å². The summed E-state index contributed by atoms with van der Waals surface area (Å²) in [5.74, 6) is -1.24. The first-order valence-corrected chi connectivity index (χ1v) is 11.6. The highest BCUT2D eigenvalue weighted by atomic mass is 16.5. The zero-order valence-electron chi connectivity index (χ0n) is 20.8. The van der Waals surface area contributed by atoms with Gasteiger partial charge in [0, 0.05) is 25.5 Å². The first kappa shape index (κ1) is 27.0. The Morgan fingerprint density at radius 1 is 1.08 bits per heavy atom. The fraction of sp³-hybridized carbons (Fsp3) is 0.320. The standard InChI is InChI=1S/C25H29N7O5/c1-15-21(16(2)31-25(30-15)28-9-5-7-17-6-4-8-18(33)12-17)23(35)32-20(24(36)37-3)14-29-22(34)19-13-26-10-11-27-19/h4,6,8,10-13,20,33H,5,7,9,14H2,1-3H3,(H,29,34)(H,32,35)(H,28,30,31). The highest BCUT2D eigenvalue weighted by molar-refractivity contribution is 5.99. The molecule has 194 valence electrons. The summed E-state index contributed by atoms with van der Waals surface area (Å²) < 4.78 is 4.77. The number of esters is 1. The molecule has 0 bridgehead atoms. The molecule has 0 aliphatic rings. The van der Waals surface area contributed by atoms with Crippen molar-refractivity contribution in [3.8, 4) is 5.75 Å². The molecule has 0 radical (unpaired) electrons. The van der Waals surface area contributed by atoms with Crippen LogP contribution in [0.4, 0.5) is 5.95 Å². The van der Waals surface area contributed by atoms with Crippen molar-refractivity contribution in [2.75, 3.05) is 25.5 Å². The van der Waals surface area contributed by atoms with E-state index in [0.29, 0.717) is 23.9 Å². The Hall–Kier alpha value is -4.61. The molecule has 4 N–H and O–H groups in total. The molecule has 12 nitrogen and oxygen atoms in total. The minimum atomic E-state index is -1.15. The second-order valence-electron chi connectivity index (χ2n) is 8.14. The van der Waals surface area contributed by atoms with E-state index in [2.05, 4.69) is 35.9 Å². The van der Waals surface area contributed by atoms with E-state index in [1.54, 1.807) is 32.0 Å². The number of nitrogens with zero attached hydrogens (tertiary/aromatic N) is 4. The molecule has 0 saturated carbocycles. The normalized spacial score (nSPS) is 11.3. The van der Waals surface area contributed by atoms with Crippen molar-refractivity contribution in [1.82, 2.24) is 30.6 Å². The number of rotatable bonds is 11. The number of aromatic hydroxyl groups is 1. The van der Waals surface area contributed by atoms with Crippen molar-refractivity contribution in [2.45, 2.75) is 32.7 Å². The van der Waals surface area contributed by atoms with Crippen molar-refractivity contribution in [3.63, 3.8) is 0 Å². The highest BCUT2D eigenvalue weighted by Gasteiger charge is 2.26. The topological polar surface area (TPSA) is 168 Å². The number of carbonyl (C=O) groups is 3. The van der Waals surface area contributed by atoms with Crippen LogP contribution in [0.25, 0.3) is 0 Å². The average molecular weight is 508 g/mol. The number of nitrogens with one attached hydrogen (secondary N) is 3. The molecule has 1 aromatic carbocycles. The third-order valence-corrected chi connectivity index (χ3v) is 5.39. The molecule has 1 atom stereocenters. The number of phenolic OH excluding ortho intramolecular Hbond substituents is 1. The first-order valence-electron chi connectivity index (χ1n) is 11.6. The van der Waals surface area contributed by atoms with Gasteiger partial charge in [-0.25, -0.2) is 19.7 Å². The van der Waals surface area contributed by atoms with Crippen LogP contribution in [0.5, 0.6) is 5.75 Å². The summed E-state index contributed by atoms with van der Waals surface area (Å²) in [6.07, 6.45) is 5.64. The lowest BCUT2D eigenvalue weighted by Crippen LogP contribution is -2.49. The number of amides is 2. The molecule has 3 aromatic rings. The smallest absolute Gasteiger partial charge is 0.330 e. The van der Waals surface area contributed by atoms with Crippen molar-refractivity contribution in [2.24, 2.45) is 0 Å². The van der Waals surface area contributed by atoms with Crippen LogP contribution in [0, 0.1) is 13.8 Å². The molecule has 0 aliphatic heterocycles. The minimum absolute atomic E-state index is 0.0718. The van der Waals surface area contributed by atoms with Crippen LogP contribution < -0.4 is 16.0 Å². The van der Waals surface area contributed by atoms with E-state index >= 15 is 0 Å². The van der Waals surface area contributed by atoms with Crippen LogP contribution in [-0.2, 0) is 16.0 Å². The van der Waals surface area contributed by atoms with Crippen LogP contribution in [0.3, 0.4) is 0 Å². The Morgan fingerprint density at radius 2 is 1.84 bits per heavy atom. The molecule has 3 rings (SSSR count). The van der Waals surface area contributed by atoms with Crippen LogP contribution in [-0.4, -0.2) is 69.1 Å². The molecule has 2 heterocycles. The number of anilines is 1. The van der Waals surface area contributed by atoms with Gasteiger partial charge in [0.1, 0.15) is 17.5 Å². The van der Waals surface area contributed by atoms with Gasteiger partial charge < -0.3 is 25.8 Å². The molecule has 0 aliphatic carbocycles. The zero-order chi connectivity index (χ0) is 26.8. The molecule has 2 aromatic heterocycles. The van der Waals surface area contributed by atoms with Crippen LogP contribution in [0.2, 0.25) is 0 Å². The van der Waals surface area contributed by atoms with Gasteiger partial charge in [-0.2, -0.15) is 0 Å². The maximum absolute atomic E-state index is 13.0. The summed E-state index contributed by atoms with van der Waals surface area (Å²) in [6, 6.07) is 5.95. The maximum atomic E-state index is 13.0. The second kappa shape index (κ2) is 12.9. The number of hydrogen-bond acceptors (Lipinski definition) is 10. The second-order valence-corrected chi connectivity index (χ2v) is 8.14. The van der Waals surface area contributed by atoms with Gasteiger partial charge >= 0.3 is 5.97 Å².